The van der Waals surface area contributed by atoms with Gasteiger partial charge in [0.25, 0.3) is 0 Å². The highest BCUT2D eigenvalue weighted by Crippen LogP contribution is 2.45. The lowest BCUT2D eigenvalue weighted by atomic mass is 9.91. The number of halogens is 1. The van der Waals surface area contributed by atoms with Crippen molar-refractivity contribution in [3.8, 4) is 28.7 Å². The standard InChI is InChI=1S/C23H27ClO8/c1-13(25)31-12-16(15-7-8-18(27-3)20(10-15)28-4)9-17-19(32-14(2)26)11-21(29-5)22(24)23(17)30-6/h7-8,10-11,16H,9,12H2,1-6H3/t16-/m0/s1. The number of benzene rings is 2. The number of esters is 2. The molecule has 0 amide bonds. The van der Waals surface area contributed by atoms with Gasteiger partial charge in [0, 0.05) is 31.4 Å². The van der Waals surface area contributed by atoms with Gasteiger partial charge in [0.05, 0.1) is 35.0 Å². The van der Waals surface area contributed by atoms with E-state index in [4.69, 9.17) is 40.0 Å². The Bertz CT molecular complexity index is 973. The van der Waals surface area contributed by atoms with Crippen molar-refractivity contribution >= 4 is 23.5 Å². The minimum absolute atomic E-state index is 0.0666. The van der Waals surface area contributed by atoms with E-state index in [0.29, 0.717) is 28.6 Å². The van der Waals surface area contributed by atoms with E-state index < -0.39 is 11.9 Å². The van der Waals surface area contributed by atoms with E-state index in [2.05, 4.69) is 0 Å². The molecule has 0 fully saturated rings. The Morgan fingerprint density at radius 3 is 2.03 bits per heavy atom. The number of carbonyl (C=O) groups excluding carboxylic acids is 2. The molecule has 0 aliphatic heterocycles. The normalized spacial score (nSPS) is 11.3. The topological polar surface area (TPSA) is 89.5 Å². The summed E-state index contributed by atoms with van der Waals surface area (Å²) < 4.78 is 32.3. The van der Waals surface area contributed by atoms with Gasteiger partial charge in [0.15, 0.2) is 11.5 Å². The molecule has 0 saturated heterocycles. The second-order valence-electron chi connectivity index (χ2n) is 6.81. The van der Waals surface area contributed by atoms with Gasteiger partial charge >= 0.3 is 11.9 Å². The van der Waals surface area contributed by atoms with E-state index in [0.717, 1.165) is 5.56 Å². The molecule has 0 unspecified atom stereocenters. The molecule has 2 rings (SSSR count). The van der Waals surface area contributed by atoms with E-state index in [1.165, 1.54) is 41.2 Å². The van der Waals surface area contributed by atoms with Crippen molar-refractivity contribution in [2.75, 3.05) is 35.0 Å². The van der Waals surface area contributed by atoms with E-state index >= 15 is 0 Å². The fourth-order valence-corrected chi connectivity index (χ4v) is 3.59. The van der Waals surface area contributed by atoms with Gasteiger partial charge in [-0.15, -0.1) is 0 Å². The van der Waals surface area contributed by atoms with Crippen molar-refractivity contribution in [1.82, 2.24) is 0 Å². The summed E-state index contributed by atoms with van der Waals surface area (Å²) in [6.07, 6.45) is 0.276. The number of hydrogen-bond donors (Lipinski definition) is 0. The number of hydrogen-bond acceptors (Lipinski definition) is 8. The first-order valence-corrected chi connectivity index (χ1v) is 10.1. The minimum atomic E-state index is -0.514. The van der Waals surface area contributed by atoms with E-state index in [9.17, 15) is 9.59 Å². The maximum Gasteiger partial charge on any atom is 0.308 e. The van der Waals surface area contributed by atoms with Crippen LogP contribution < -0.4 is 23.7 Å². The summed E-state index contributed by atoms with van der Waals surface area (Å²) in [7, 11) is 5.99. The third kappa shape index (κ3) is 5.97. The molecule has 174 valence electrons. The highest BCUT2D eigenvalue weighted by molar-refractivity contribution is 6.33. The average molecular weight is 467 g/mol. The maximum absolute atomic E-state index is 11.7. The van der Waals surface area contributed by atoms with Crippen molar-refractivity contribution < 1.29 is 38.0 Å². The average Bonchev–Trinajstić information content (AvgIpc) is 2.77. The van der Waals surface area contributed by atoms with Crippen molar-refractivity contribution in [3.63, 3.8) is 0 Å². The third-order valence-corrected chi connectivity index (χ3v) is 5.10. The van der Waals surface area contributed by atoms with Gasteiger partial charge in [-0.2, -0.15) is 0 Å². The zero-order chi connectivity index (χ0) is 23.8. The largest absolute Gasteiger partial charge is 0.495 e. The highest BCUT2D eigenvalue weighted by atomic mass is 35.5. The molecule has 0 saturated carbocycles. The van der Waals surface area contributed by atoms with Crippen LogP contribution in [0.25, 0.3) is 0 Å². The van der Waals surface area contributed by atoms with E-state index in [-0.39, 0.29) is 29.7 Å². The molecule has 32 heavy (non-hydrogen) atoms. The minimum Gasteiger partial charge on any atom is -0.495 e. The lowest BCUT2D eigenvalue weighted by Gasteiger charge is -2.23. The number of carbonyl (C=O) groups is 2. The summed E-state index contributed by atoms with van der Waals surface area (Å²) >= 11 is 6.45. The second kappa shape index (κ2) is 11.5. The Balaban J connectivity index is 2.61. The predicted octanol–water partition coefficient (Wildman–Crippen LogP) is 4.19. The summed E-state index contributed by atoms with van der Waals surface area (Å²) in [5.74, 6) is 0.652. The first kappa shape index (κ1) is 25.1. The molecule has 9 heteroatoms. The van der Waals surface area contributed by atoms with Gasteiger partial charge in [-0.3, -0.25) is 9.59 Å². The van der Waals surface area contributed by atoms with Crippen LogP contribution in [0.2, 0.25) is 5.02 Å². The van der Waals surface area contributed by atoms with Crippen LogP contribution in [0.15, 0.2) is 24.3 Å². The number of rotatable bonds is 10. The van der Waals surface area contributed by atoms with Crippen LogP contribution in [0, 0.1) is 0 Å². The van der Waals surface area contributed by atoms with Crippen molar-refractivity contribution in [2.45, 2.75) is 26.2 Å². The lowest BCUT2D eigenvalue weighted by molar-refractivity contribution is -0.141. The Kier molecular flexibility index (Phi) is 9.02. The van der Waals surface area contributed by atoms with Crippen LogP contribution in [0.4, 0.5) is 0 Å². The van der Waals surface area contributed by atoms with Gasteiger partial charge in [0.1, 0.15) is 22.3 Å². The zero-order valence-electron chi connectivity index (χ0n) is 18.9. The lowest BCUT2D eigenvalue weighted by Crippen LogP contribution is -2.16. The summed E-state index contributed by atoms with van der Waals surface area (Å²) in [6, 6.07) is 6.94. The molecule has 0 heterocycles. The molecule has 8 nitrogen and oxygen atoms in total. The predicted molar refractivity (Wildman–Crippen MR) is 118 cm³/mol. The molecule has 2 aromatic rings. The molecule has 0 aromatic heterocycles. The maximum atomic E-state index is 11.7. The van der Waals surface area contributed by atoms with E-state index in [1.807, 2.05) is 6.07 Å². The van der Waals surface area contributed by atoms with Crippen LogP contribution in [0.1, 0.15) is 30.9 Å². The molecular formula is C23H27ClO8. The van der Waals surface area contributed by atoms with Crippen LogP contribution >= 0.6 is 11.6 Å². The fraction of sp³-hybridized carbons (Fsp3) is 0.391. The molecular weight excluding hydrogens is 440 g/mol. The SMILES string of the molecule is COc1ccc([C@H](COC(C)=O)Cc2c(OC(C)=O)cc(OC)c(Cl)c2OC)cc1OC. The zero-order valence-corrected chi connectivity index (χ0v) is 19.7. The molecule has 0 bridgehead atoms. The van der Waals surface area contributed by atoms with Crippen LogP contribution in [0.5, 0.6) is 28.7 Å². The first-order chi connectivity index (χ1) is 15.2. The molecule has 0 N–H and O–H groups in total. The number of ether oxygens (including phenoxy) is 6. The van der Waals surface area contributed by atoms with Gasteiger partial charge in [-0.25, -0.2) is 0 Å². The van der Waals surface area contributed by atoms with Crippen molar-refractivity contribution in [1.29, 1.82) is 0 Å². The summed E-state index contributed by atoms with van der Waals surface area (Å²) in [6.45, 7) is 2.69. The summed E-state index contributed by atoms with van der Waals surface area (Å²) in [5.41, 5.74) is 1.34. The summed E-state index contributed by atoms with van der Waals surface area (Å²) in [4.78, 5) is 23.3. The Morgan fingerprint density at radius 1 is 0.844 bits per heavy atom. The molecule has 0 spiro atoms. The van der Waals surface area contributed by atoms with Crippen molar-refractivity contribution in [2.24, 2.45) is 0 Å². The first-order valence-electron chi connectivity index (χ1n) is 9.72. The Hall–Kier alpha value is -3.13. The smallest absolute Gasteiger partial charge is 0.308 e. The molecule has 0 aliphatic carbocycles. The summed E-state index contributed by atoms with van der Waals surface area (Å²) in [5, 5.41) is 0.236. The van der Waals surface area contributed by atoms with Crippen LogP contribution in [0.3, 0.4) is 0 Å². The second-order valence-corrected chi connectivity index (χ2v) is 7.19. The molecule has 0 aliphatic rings. The monoisotopic (exact) mass is 466 g/mol. The van der Waals surface area contributed by atoms with Crippen LogP contribution in [-0.4, -0.2) is 47.0 Å². The van der Waals surface area contributed by atoms with Gasteiger partial charge in [-0.1, -0.05) is 17.7 Å². The third-order valence-electron chi connectivity index (χ3n) is 4.74. The highest BCUT2D eigenvalue weighted by Gasteiger charge is 2.26. The Morgan fingerprint density at radius 2 is 1.50 bits per heavy atom. The number of methoxy groups -OCH3 is 4. The molecule has 0 radical (unpaired) electrons. The van der Waals surface area contributed by atoms with Crippen molar-refractivity contribution in [3.05, 3.63) is 40.4 Å². The fourth-order valence-electron chi connectivity index (χ4n) is 3.27. The molecule has 2 aromatic carbocycles. The molecule has 1 atom stereocenters. The quantitative estimate of drug-likeness (QED) is 0.380. The Labute approximate surface area is 192 Å². The van der Waals surface area contributed by atoms with E-state index in [1.54, 1.807) is 19.2 Å². The van der Waals surface area contributed by atoms with Gasteiger partial charge in [-0.05, 0) is 24.1 Å². The van der Waals surface area contributed by atoms with Gasteiger partial charge < -0.3 is 28.4 Å². The van der Waals surface area contributed by atoms with Crippen LogP contribution in [-0.2, 0) is 20.7 Å². The van der Waals surface area contributed by atoms with Gasteiger partial charge in [0.2, 0.25) is 0 Å².